The first-order chi connectivity index (χ1) is 6.99. The molecule has 3 nitrogen and oxygen atoms in total. The van der Waals surface area contributed by atoms with Crippen LogP contribution in [0.5, 0.6) is 0 Å². The number of hydrogen-bond donors (Lipinski definition) is 0. The van der Waals surface area contributed by atoms with E-state index in [1.165, 1.54) is 0 Å². The smallest absolute Gasteiger partial charge is 0.154 e. The van der Waals surface area contributed by atoms with Gasteiger partial charge in [0.05, 0.1) is 0 Å². The Labute approximate surface area is 95.8 Å². The summed E-state index contributed by atoms with van der Waals surface area (Å²) in [4.78, 5) is 4.36. The SMILES string of the molecule is Cn1cnc(C2CC(Cl)CCC2(C)C)n1. The number of nitrogens with zero attached hydrogens (tertiary/aromatic N) is 3. The molecule has 0 aliphatic heterocycles. The standard InChI is InChI=1S/C11H18ClN3/c1-11(2)5-4-8(12)6-9(11)10-13-7-15(3)14-10/h7-9H,4-6H2,1-3H3. The highest BCUT2D eigenvalue weighted by Crippen LogP contribution is 2.46. The fourth-order valence-corrected chi connectivity index (χ4v) is 2.65. The predicted molar refractivity (Wildman–Crippen MR) is 61.0 cm³/mol. The van der Waals surface area contributed by atoms with Gasteiger partial charge in [-0.25, -0.2) is 4.98 Å². The van der Waals surface area contributed by atoms with Gasteiger partial charge in [0.1, 0.15) is 6.33 Å². The van der Waals surface area contributed by atoms with Crippen molar-refractivity contribution in [3.63, 3.8) is 0 Å². The molecule has 1 saturated carbocycles. The maximum atomic E-state index is 6.23. The largest absolute Gasteiger partial charge is 0.256 e. The third-order valence-corrected chi connectivity index (χ3v) is 3.86. The molecule has 0 aromatic carbocycles. The molecule has 15 heavy (non-hydrogen) atoms. The molecule has 2 unspecified atom stereocenters. The van der Waals surface area contributed by atoms with Gasteiger partial charge in [0.25, 0.3) is 0 Å². The quantitative estimate of drug-likeness (QED) is 0.691. The van der Waals surface area contributed by atoms with Gasteiger partial charge in [0.2, 0.25) is 0 Å². The maximum Gasteiger partial charge on any atom is 0.154 e. The zero-order valence-electron chi connectivity index (χ0n) is 9.57. The summed E-state index contributed by atoms with van der Waals surface area (Å²) in [5, 5.41) is 4.70. The molecule has 1 fully saturated rings. The zero-order chi connectivity index (χ0) is 11.1. The average Bonchev–Trinajstić information content (AvgIpc) is 2.56. The number of aromatic nitrogens is 3. The third kappa shape index (κ3) is 2.17. The number of rotatable bonds is 1. The molecule has 1 aliphatic carbocycles. The van der Waals surface area contributed by atoms with E-state index in [0.717, 1.165) is 25.1 Å². The van der Waals surface area contributed by atoms with Crippen LogP contribution in [0.15, 0.2) is 6.33 Å². The lowest BCUT2D eigenvalue weighted by molar-refractivity contribution is 0.195. The van der Waals surface area contributed by atoms with Crippen LogP contribution in [0.3, 0.4) is 0 Å². The average molecular weight is 228 g/mol. The Kier molecular flexibility index (Phi) is 2.75. The van der Waals surface area contributed by atoms with Crippen molar-refractivity contribution in [3.05, 3.63) is 12.2 Å². The van der Waals surface area contributed by atoms with Crippen molar-refractivity contribution in [2.45, 2.75) is 44.4 Å². The fraction of sp³-hybridized carbons (Fsp3) is 0.818. The Balaban J connectivity index is 2.25. The molecule has 0 radical (unpaired) electrons. The molecule has 0 N–H and O–H groups in total. The predicted octanol–water partition coefficient (Wildman–Crippen LogP) is 2.72. The van der Waals surface area contributed by atoms with Crippen molar-refractivity contribution >= 4 is 11.6 Å². The van der Waals surface area contributed by atoms with E-state index in [0.29, 0.717) is 5.92 Å². The van der Waals surface area contributed by atoms with Gasteiger partial charge >= 0.3 is 0 Å². The van der Waals surface area contributed by atoms with E-state index in [-0.39, 0.29) is 10.8 Å². The first-order valence-corrected chi connectivity index (χ1v) is 5.92. The molecule has 1 aromatic heterocycles. The lowest BCUT2D eigenvalue weighted by atomic mass is 9.68. The van der Waals surface area contributed by atoms with Crippen LogP contribution in [0.2, 0.25) is 0 Å². The highest BCUT2D eigenvalue weighted by molar-refractivity contribution is 6.20. The van der Waals surface area contributed by atoms with Crippen molar-refractivity contribution in [2.24, 2.45) is 12.5 Å². The van der Waals surface area contributed by atoms with Crippen LogP contribution < -0.4 is 0 Å². The van der Waals surface area contributed by atoms with Gasteiger partial charge in [0.15, 0.2) is 5.82 Å². The van der Waals surface area contributed by atoms with Crippen molar-refractivity contribution in [1.82, 2.24) is 14.8 Å². The molecule has 1 aromatic rings. The second-order valence-corrected chi connectivity index (χ2v) is 5.81. The van der Waals surface area contributed by atoms with E-state index in [1.807, 2.05) is 7.05 Å². The monoisotopic (exact) mass is 227 g/mol. The van der Waals surface area contributed by atoms with Gasteiger partial charge in [-0.2, -0.15) is 5.10 Å². The topological polar surface area (TPSA) is 30.7 Å². The summed E-state index contributed by atoms with van der Waals surface area (Å²) >= 11 is 6.23. The van der Waals surface area contributed by atoms with Crippen LogP contribution in [-0.4, -0.2) is 20.1 Å². The zero-order valence-corrected chi connectivity index (χ0v) is 10.3. The van der Waals surface area contributed by atoms with E-state index in [4.69, 9.17) is 11.6 Å². The Hall–Kier alpha value is -0.570. The Bertz CT molecular complexity index is 345. The van der Waals surface area contributed by atoms with E-state index in [1.54, 1.807) is 11.0 Å². The van der Waals surface area contributed by atoms with Crippen LogP contribution in [0.1, 0.15) is 44.9 Å². The van der Waals surface area contributed by atoms with Crippen LogP contribution in [0, 0.1) is 5.41 Å². The number of halogens is 1. The normalized spacial score (nSPS) is 30.4. The van der Waals surface area contributed by atoms with Gasteiger partial charge in [-0.3, -0.25) is 4.68 Å². The van der Waals surface area contributed by atoms with Crippen LogP contribution in [-0.2, 0) is 7.05 Å². The van der Waals surface area contributed by atoms with Crippen molar-refractivity contribution < 1.29 is 0 Å². The Morgan fingerprint density at radius 3 is 2.87 bits per heavy atom. The second kappa shape index (κ2) is 3.78. The molecule has 0 saturated heterocycles. The highest BCUT2D eigenvalue weighted by Gasteiger charge is 2.38. The molecule has 0 amide bonds. The molecular weight excluding hydrogens is 210 g/mol. The first kappa shape index (κ1) is 10.9. The molecule has 0 bridgehead atoms. The summed E-state index contributed by atoms with van der Waals surface area (Å²) < 4.78 is 1.77. The van der Waals surface area contributed by atoms with Crippen LogP contribution in [0.25, 0.3) is 0 Å². The minimum atomic E-state index is 0.271. The first-order valence-electron chi connectivity index (χ1n) is 5.48. The number of hydrogen-bond acceptors (Lipinski definition) is 2. The molecule has 0 spiro atoms. The minimum Gasteiger partial charge on any atom is -0.256 e. The molecule has 84 valence electrons. The van der Waals surface area contributed by atoms with Gasteiger partial charge < -0.3 is 0 Å². The summed E-state index contributed by atoms with van der Waals surface area (Å²) in [6.07, 6.45) is 5.03. The van der Waals surface area contributed by atoms with Crippen molar-refractivity contribution in [3.8, 4) is 0 Å². The van der Waals surface area contributed by atoms with Crippen molar-refractivity contribution in [1.29, 1.82) is 0 Å². The summed E-state index contributed by atoms with van der Waals surface area (Å²) in [6.45, 7) is 4.58. The summed E-state index contributed by atoms with van der Waals surface area (Å²) in [5.74, 6) is 1.35. The third-order valence-electron chi connectivity index (χ3n) is 3.47. The van der Waals surface area contributed by atoms with E-state index < -0.39 is 0 Å². The van der Waals surface area contributed by atoms with E-state index >= 15 is 0 Å². The van der Waals surface area contributed by atoms with Crippen molar-refractivity contribution in [2.75, 3.05) is 0 Å². The summed E-state index contributed by atoms with van der Waals surface area (Å²) in [7, 11) is 1.91. The van der Waals surface area contributed by atoms with Gasteiger partial charge in [-0.1, -0.05) is 13.8 Å². The molecule has 1 heterocycles. The summed E-state index contributed by atoms with van der Waals surface area (Å²) in [5.41, 5.74) is 0.271. The Morgan fingerprint density at radius 2 is 2.27 bits per heavy atom. The lowest BCUT2D eigenvalue weighted by Crippen LogP contribution is -2.31. The molecule has 2 rings (SSSR count). The fourth-order valence-electron chi connectivity index (χ4n) is 2.37. The molecule has 4 heteroatoms. The van der Waals surface area contributed by atoms with Gasteiger partial charge in [-0.15, -0.1) is 11.6 Å². The second-order valence-electron chi connectivity index (χ2n) is 5.19. The van der Waals surface area contributed by atoms with E-state index in [2.05, 4.69) is 23.9 Å². The highest BCUT2D eigenvalue weighted by atomic mass is 35.5. The molecule has 1 aliphatic rings. The summed E-state index contributed by atoms with van der Waals surface area (Å²) in [6, 6.07) is 0. The number of aryl methyl sites for hydroxylation is 1. The maximum absolute atomic E-state index is 6.23. The lowest BCUT2D eigenvalue weighted by Gasteiger charge is -2.38. The minimum absolute atomic E-state index is 0.271. The van der Waals surface area contributed by atoms with Gasteiger partial charge in [0, 0.05) is 18.3 Å². The molecular formula is C11H18ClN3. The van der Waals surface area contributed by atoms with Gasteiger partial charge in [-0.05, 0) is 24.7 Å². The van der Waals surface area contributed by atoms with Crippen LogP contribution in [0.4, 0.5) is 0 Å². The molecule has 2 atom stereocenters. The number of alkyl halides is 1. The van der Waals surface area contributed by atoms with E-state index in [9.17, 15) is 0 Å². The van der Waals surface area contributed by atoms with Crippen LogP contribution >= 0.6 is 11.6 Å². The Morgan fingerprint density at radius 1 is 1.53 bits per heavy atom.